The van der Waals surface area contributed by atoms with Crippen LogP contribution in [0, 0.1) is 11.3 Å². The zero-order chi connectivity index (χ0) is 13.9. The third-order valence-corrected chi connectivity index (χ3v) is 5.97. The van der Waals surface area contributed by atoms with Gasteiger partial charge in [-0.2, -0.15) is 0 Å². The van der Waals surface area contributed by atoms with Crippen molar-refractivity contribution in [3.05, 3.63) is 29.0 Å². The van der Waals surface area contributed by atoms with E-state index in [4.69, 9.17) is 11.6 Å². The lowest BCUT2D eigenvalue weighted by molar-refractivity contribution is 0.228. The number of aromatic nitrogens is 1. The topological polar surface area (TPSA) is 12.9 Å². The quantitative estimate of drug-likeness (QED) is 0.629. The van der Waals surface area contributed by atoms with Crippen molar-refractivity contribution in [2.75, 3.05) is 0 Å². The SMILES string of the molecule is CC(C)CC1(C(Br)Cc2ccncc2Cl)CCCC1. The molecule has 1 aliphatic rings. The number of alkyl halides is 1. The van der Waals surface area contributed by atoms with Crippen LogP contribution in [-0.2, 0) is 6.42 Å². The third kappa shape index (κ3) is 3.72. The molecular weight excluding hydrogens is 322 g/mol. The minimum atomic E-state index is 0.459. The first-order chi connectivity index (χ1) is 9.03. The maximum absolute atomic E-state index is 6.24. The molecule has 0 radical (unpaired) electrons. The van der Waals surface area contributed by atoms with Crippen molar-refractivity contribution in [3.63, 3.8) is 0 Å². The molecule has 0 spiro atoms. The summed E-state index contributed by atoms with van der Waals surface area (Å²) >= 11 is 10.2. The molecule has 0 bridgehead atoms. The molecule has 0 saturated heterocycles. The fourth-order valence-electron chi connectivity index (χ4n) is 3.52. The van der Waals surface area contributed by atoms with E-state index in [1.165, 1.54) is 37.7 Å². The minimum Gasteiger partial charge on any atom is -0.263 e. The summed E-state index contributed by atoms with van der Waals surface area (Å²) in [6.07, 6.45) is 11.4. The molecule has 0 N–H and O–H groups in total. The fourth-order valence-corrected chi connectivity index (χ4v) is 4.71. The van der Waals surface area contributed by atoms with Crippen molar-refractivity contribution in [1.82, 2.24) is 4.98 Å². The average molecular weight is 345 g/mol. The number of rotatable bonds is 5. The first-order valence-corrected chi connectivity index (χ1v) is 8.55. The van der Waals surface area contributed by atoms with Gasteiger partial charge in [0.25, 0.3) is 0 Å². The molecule has 1 fully saturated rings. The molecule has 0 amide bonds. The summed E-state index contributed by atoms with van der Waals surface area (Å²) in [7, 11) is 0. The molecule has 106 valence electrons. The molecule has 3 heteroatoms. The molecule has 2 rings (SSSR count). The summed E-state index contributed by atoms with van der Waals surface area (Å²) < 4.78 is 0. The Morgan fingerprint density at radius 1 is 1.37 bits per heavy atom. The van der Waals surface area contributed by atoms with Crippen LogP contribution < -0.4 is 0 Å². The van der Waals surface area contributed by atoms with E-state index in [1.54, 1.807) is 6.20 Å². The van der Waals surface area contributed by atoms with Gasteiger partial charge in [0.1, 0.15) is 0 Å². The van der Waals surface area contributed by atoms with E-state index >= 15 is 0 Å². The molecule has 1 unspecified atom stereocenters. The Labute approximate surface area is 130 Å². The van der Waals surface area contributed by atoms with Crippen LogP contribution in [-0.4, -0.2) is 9.81 Å². The molecule has 1 aromatic heterocycles. The maximum atomic E-state index is 6.24. The largest absolute Gasteiger partial charge is 0.263 e. The number of pyridine rings is 1. The predicted molar refractivity (Wildman–Crippen MR) is 86.0 cm³/mol. The highest BCUT2D eigenvalue weighted by atomic mass is 79.9. The Kier molecular flexibility index (Phi) is 5.30. The summed E-state index contributed by atoms with van der Waals surface area (Å²) in [5.74, 6) is 0.756. The van der Waals surface area contributed by atoms with E-state index in [9.17, 15) is 0 Å². The van der Waals surface area contributed by atoms with Gasteiger partial charge in [0.05, 0.1) is 5.02 Å². The highest BCUT2D eigenvalue weighted by Gasteiger charge is 2.40. The third-order valence-electron chi connectivity index (χ3n) is 4.33. The highest BCUT2D eigenvalue weighted by molar-refractivity contribution is 9.09. The lowest BCUT2D eigenvalue weighted by Gasteiger charge is -2.36. The van der Waals surface area contributed by atoms with Crippen molar-refractivity contribution in [1.29, 1.82) is 0 Å². The van der Waals surface area contributed by atoms with Crippen LogP contribution in [0.4, 0.5) is 0 Å². The van der Waals surface area contributed by atoms with Crippen molar-refractivity contribution < 1.29 is 0 Å². The van der Waals surface area contributed by atoms with E-state index in [0.717, 1.165) is 17.4 Å². The van der Waals surface area contributed by atoms with Crippen LogP contribution >= 0.6 is 27.5 Å². The van der Waals surface area contributed by atoms with E-state index in [-0.39, 0.29) is 0 Å². The Morgan fingerprint density at radius 3 is 2.63 bits per heavy atom. The van der Waals surface area contributed by atoms with Gasteiger partial charge in [0, 0.05) is 17.2 Å². The second-order valence-electron chi connectivity index (χ2n) is 6.31. The van der Waals surface area contributed by atoms with E-state index in [1.807, 2.05) is 6.20 Å². The minimum absolute atomic E-state index is 0.459. The summed E-state index contributed by atoms with van der Waals surface area (Å²) in [5.41, 5.74) is 1.68. The second kappa shape index (κ2) is 6.58. The molecule has 0 aromatic carbocycles. The van der Waals surface area contributed by atoms with Crippen LogP contribution in [0.3, 0.4) is 0 Å². The van der Waals surface area contributed by atoms with Crippen LogP contribution in [0.5, 0.6) is 0 Å². The van der Waals surface area contributed by atoms with Crippen molar-refractivity contribution in [2.24, 2.45) is 11.3 Å². The molecule has 1 saturated carbocycles. The van der Waals surface area contributed by atoms with Crippen LogP contribution in [0.25, 0.3) is 0 Å². The molecule has 1 aromatic rings. The van der Waals surface area contributed by atoms with Crippen LogP contribution in [0.2, 0.25) is 5.02 Å². The lowest BCUT2D eigenvalue weighted by Crippen LogP contribution is -2.31. The van der Waals surface area contributed by atoms with Gasteiger partial charge < -0.3 is 0 Å². The van der Waals surface area contributed by atoms with Crippen molar-refractivity contribution in [3.8, 4) is 0 Å². The Morgan fingerprint density at radius 2 is 2.05 bits per heavy atom. The predicted octanol–water partition coefficient (Wildman–Crippen LogP) is 5.65. The van der Waals surface area contributed by atoms with E-state index in [2.05, 4.69) is 40.8 Å². The Balaban J connectivity index is 2.12. The summed E-state index contributed by atoms with van der Waals surface area (Å²) in [6.45, 7) is 4.67. The van der Waals surface area contributed by atoms with E-state index in [0.29, 0.717) is 10.2 Å². The van der Waals surface area contributed by atoms with Gasteiger partial charge in [-0.05, 0) is 48.6 Å². The standard InChI is InChI=1S/C16H23BrClN/c1-12(2)10-16(6-3-4-7-16)15(17)9-13-5-8-19-11-14(13)18/h5,8,11-12,15H,3-4,6-7,9-10H2,1-2H3. The molecule has 1 aliphatic carbocycles. The van der Waals surface area contributed by atoms with Crippen molar-refractivity contribution >= 4 is 27.5 Å². The zero-order valence-corrected chi connectivity index (χ0v) is 14.2. The average Bonchev–Trinajstić information content (AvgIpc) is 2.81. The van der Waals surface area contributed by atoms with E-state index < -0.39 is 0 Å². The Hall–Kier alpha value is -0.0800. The lowest BCUT2D eigenvalue weighted by atomic mass is 9.74. The van der Waals surface area contributed by atoms with Gasteiger partial charge >= 0.3 is 0 Å². The van der Waals surface area contributed by atoms with Crippen LogP contribution in [0.1, 0.15) is 51.5 Å². The summed E-state index contributed by atoms with van der Waals surface area (Å²) in [4.78, 5) is 4.59. The maximum Gasteiger partial charge on any atom is 0.0621 e. The zero-order valence-electron chi connectivity index (χ0n) is 11.8. The number of hydrogen-bond acceptors (Lipinski definition) is 1. The fraction of sp³-hybridized carbons (Fsp3) is 0.688. The monoisotopic (exact) mass is 343 g/mol. The number of halogens is 2. The van der Waals surface area contributed by atoms with Gasteiger partial charge in [0.15, 0.2) is 0 Å². The molecule has 1 atom stereocenters. The summed E-state index contributed by atoms with van der Waals surface area (Å²) in [6, 6.07) is 2.05. The Bertz CT molecular complexity index is 413. The number of hydrogen-bond donors (Lipinski definition) is 0. The number of nitrogens with zero attached hydrogens (tertiary/aromatic N) is 1. The van der Waals surface area contributed by atoms with Gasteiger partial charge in [-0.15, -0.1) is 0 Å². The molecular formula is C16H23BrClN. The molecule has 1 heterocycles. The highest BCUT2D eigenvalue weighted by Crippen LogP contribution is 2.49. The molecule has 1 nitrogen and oxygen atoms in total. The van der Waals surface area contributed by atoms with Gasteiger partial charge in [-0.25, -0.2) is 0 Å². The second-order valence-corrected chi connectivity index (χ2v) is 7.82. The first-order valence-electron chi connectivity index (χ1n) is 7.26. The first kappa shape index (κ1) is 15.3. The molecule has 19 heavy (non-hydrogen) atoms. The van der Waals surface area contributed by atoms with Gasteiger partial charge in [-0.3, -0.25) is 4.98 Å². The van der Waals surface area contributed by atoms with Crippen LogP contribution in [0.15, 0.2) is 18.5 Å². The smallest absolute Gasteiger partial charge is 0.0621 e. The van der Waals surface area contributed by atoms with Gasteiger partial charge in [0.2, 0.25) is 0 Å². The normalized spacial score (nSPS) is 19.8. The summed E-state index contributed by atoms with van der Waals surface area (Å²) in [5, 5.41) is 0.796. The van der Waals surface area contributed by atoms with Crippen molar-refractivity contribution in [2.45, 2.75) is 57.2 Å². The van der Waals surface area contributed by atoms with Gasteiger partial charge in [-0.1, -0.05) is 54.2 Å². The molecule has 0 aliphatic heterocycles.